The molecule has 116 valence electrons. The van der Waals surface area contributed by atoms with Gasteiger partial charge in [-0.3, -0.25) is 4.90 Å². The number of nitrogens with zero attached hydrogens (tertiary/aromatic N) is 1. The van der Waals surface area contributed by atoms with Crippen LogP contribution in [-0.2, 0) is 0 Å². The molecule has 3 rings (SSSR count). The molecule has 0 unspecified atom stereocenters. The Balaban J connectivity index is 1.90. The summed E-state index contributed by atoms with van der Waals surface area (Å²) in [6.45, 7) is 1.68. The van der Waals surface area contributed by atoms with E-state index in [-0.39, 0.29) is 18.2 Å². The summed E-state index contributed by atoms with van der Waals surface area (Å²) in [5.74, 6) is 0. The number of nitrogens with one attached hydrogen (secondary N) is 1. The minimum atomic E-state index is -0.325. The van der Waals surface area contributed by atoms with Gasteiger partial charge < -0.3 is 10.4 Å². The Morgan fingerprint density at radius 3 is 2.00 bits per heavy atom. The number of hydrogen-bond donors (Lipinski definition) is 2. The Hall–Kier alpha value is -1.68. The second-order valence-electron chi connectivity index (χ2n) is 5.97. The van der Waals surface area contributed by atoms with E-state index in [0.717, 1.165) is 13.0 Å². The number of benzene rings is 2. The molecule has 0 saturated carbocycles. The average Bonchev–Trinajstić information content (AvgIpc) is 2.57. The lowest BCUT2D eigenvalue weighted by Crippen LogP contribution is -2.52. The van der Waals surface area contributed by atoms with Crippen LogP contribution in [0.1, 0.15) is 23.6 Å². The fraction of sp³-hybridized carbons (Fsp3) is 0.368. The number of aliphatic hydroxyl groups is 1. The highest BCUT2D eigenvalue weighted by Gasteiger charge is 2.31. The smallest absolute Gasteiger partial charge is 0.0820 e. The SMILES string of the molecule is CN[C@@H]1CCN(C(c2ccccc2)c2ccccc2)C[C@H]1O. The molecule has 2 atom stereocenters. The normalized spacial score (nSPS) is 22.9. The number of hydrogen-bond acceptors (Lipinski definition) is 3. The molecule has 1 aliphatic rings. The summed E-state index contributed by atoms with van der Waals surface area (Å²) in [6.07, 6.45) is 0.641. The molecule has 3 nitrogen and oxygen atoms in total. The van der Waals surface area contributed by atoms with Gasteiger partial charge in [0.05, 0.1) is 12.1 Å². The summed E-state index contributed by atoms with van der Waals surface area (Å²) in [5.41, 5.74) is 2.56. The number of likely N-dealkylation sites (N-methyl/N-ethyl adjacent to an activating group) is 1. The summed E-state index contributed by atoms with van der Waals surface area (Å²) in [6, 6.07) is 21.5. The van der Waals surface area contributed by atoms with Crippen LogP contribution in [0.25, 0.3) is 0 Å². The second kappa shape index (κ2) is 7.05. The molecule has 1 aliphatic heterocycles. The van der Waals surface area contributed by atoms with Gasteiger partial charge in [-0.2, -0.15) is 0 Å². The van der Waals surface area contributed by atoms with Gasteiger partial charge in [-0.05, 0) is 24.6 Å². The van der Waals surface area contributed by atoms with Crippen LogP contribution < -0.4 is 5.32 Å². The first-order chi connectivity index (χ1) is 10.8. The number of rotatable bonds is 4. The second-order valence-corrected chi connectivity index (χ2v) is 5.97. The molecular formula is C19H24N2O. The van der Waals surface area contributed by atoms with Gasteiger partial charge in [-0.25, -0.2) is 0 Å². The third kappa shape index (κ3) is 3.22. The molecule has 0 radical (unpaired) electrons. The van der Waals surface area contributed by atoms with Gasteiger partial charge in [0.15, 0.2) is 0 Å². The third-order valence-corrected chi connectivity index (χ3v) is 4.58. The van der Waals surface area contributed by atoms with Crippen molar-refractivity contribution in [1.29, 1.82) is 0 Å². The zero-order valence-corrected chi connectivity index (χ0v) is 13.0. The van der Waals surface area contributed by atoms with Crippen molar-refractivity contribution in [1.82, 2.24) is 10.2 Å². The first kappa shape index (κ1) is 15.2. The van der Waals surface area contributed by atoms with E-state index in [9.17, 15) is 5.11 Å². The quantitative estimate of drug-likeness (QED) is 0.909. The fourth-order valence-corrected chi connectivity index (χ4v) is 3.41. The molecule has 0 aliphatic carbocycles. The van der Waals surface area contributed by atoms with E-state index in [0.29, 0.717) is 6.54 Å². The van der Waals surface area contributed by atoms with E-state index in [4.69, 9.17) is 0 Å². The summed E-state index contributed by atoms with van der Waals surface area (Å²) in [7, 11) is 1.93. The molecule has 0 bridgehead atoms. The maximum Gasteiger partial charge on any atom is 0.0820 e. The molecule has 0 spiro atoms. The number of piperidine rings is 1. The molecule has 22 heavy (non-hydrogen) atoms. The standard InChI is InChI=1S/C19H24N2O/c1-20-17-12-13-21(14-18(17)22)19(15-8-4-2-5-9-15)16-10-6-3-7-11-16/h2-11,17-20,22H,12-14H2,1H3/t17-,18-/m1/s1. The Kier molecular flexibility index (Phi) is 4.88. The third-order valence-electron chi connectivity index (χ3n) is 4.58. The van der Waals surface area contributed by atoms with Crippen molar-refractivity contribution in [3.05, 3.63) is 71.8 Å². The number of likely N-dealkylation sites (tertiary alicyclic amines) is 1. The van der Waals surface area contributed by atoms with Crippen molar-refractivity contribution in [2.24, 2.45) is 0 Å². The molecule has 1 saturated heterocycles. The highest BCUT2D eigenvalue weighted by molar-refractivity contribution is 5.32. The lowest BCUT2D eigenvalue weighted by Gasteiger charge is -2.40. The zero-order chi connectivity index (χ0) is 15.4. The summed E-state index contributed by atoms with van der Waals surface area (Å²) >= 11 is 0. The maximum atomic E-state index is 10.4. The van der Waals surface area contributed by atoms with Crippen molar-refractivity contribution in [3.63, 3.8) is 0 Å². The first-order valence-corrected chi connectivity index (χ1v) is 7.99. The van der Waals surface area contributed by atoms with Gasteiger partial charge in [0.1, 0.15) is 0 Å². The summed E-state index contributed by atoms with van der Waals surface area (Å²) < 4.78 is 0. The van der Waals surface area contributed by atoms with Gasteiger partial charge in [0.2, 0.25) is 0 Å². The minimum absolute atomic E-state index is 0.198. The van der Waals surface area contributed by atoms with E-state index in [1.165, 1.54) is 11.1 Å². The zero-order valence-electron chi connectivity index (χ0n) is 13.0. The molecule has 0 aromatic heterocycles. The van der Waals surface area contributed by atoms with E-state index < -0.39 is 0 Å². The van der Waals surface area contributed by atoms with Crippen molar-refractivity contribution in [2.45, 2.75) is 24.6 Å². The monoisotopic (exact) mass is 296 g/mol. The van der Waals surface area contributed by atoms with Crippen LogP contribution in [0.15, 0.2) is 60.7 Å². The van der Waals surface area contributed by atoms with Crippen molar-refractivity contribution in [2.75, 3.05) is 20.1 Å². The molecule has 2 aromatic rings. The van der Waals surface area contributed by atoms with Crippen molar-refractivity contribution < 1.29 is 5.11 Å². The Morgan fingerprint density at radius 1 is 1.00 bits per heavy atom. The van der Waals surface area contributed by atoms with Crippen LogP contribution in [0.3, 0.4) is 0 Å². The summed E-state index contributed by atoms with van der Waals surface area (Å²) in [5, 5.41) is 13.6. The minimum Gasteiger partial charge on any atom is -0.390 e. The molecule has 1 fully saturated rings. The topological polar surface area (TPSA) is 35.5 Å². The van der Waals surface area contributed by atoms with Crippen LogP contribution in [-0.4, -0.2) is 42.3 Å². The van der Waals surface area contributed by atoms with Gasteiger partial charge in [-0.15, -0.1) is 0 Å². The highest BCUT2D eigenvalue weighted by Crippen LogP contribution is 2.31. The fourth-order valence-electron chi connectivity index (χ4n) is 3.41. The molecule has 1 heterocycles. The van der Waals surface area contributed by atoms with Crippen LogP contribution in [0.4, 0.5) is 0 Å². The summed E-state index contributed by atoms with van der Waals surface area (Å²) in [4.78, 5) is 2.39. The van der Waals surface area contributed by atoms with Crippen LogP contribution >= 0.6 is 0 Å². The van der Waals surface area contributed by atoms with Gasteiger partial charge in [0.25, 0.3) is 0 Å². The molecular weight excluding hydrogens is 272 g/mol. The van der Waals surface area contributed by atoms with Crippen molar-refractivity contribution in [3.8, 4) is 0 Å². The highest BCUT2D eigenvalue weighted by atomic mass is 16.3. The molecule has 3 heteroatoms. The largest absolute Gasteiger partial charge is 0.390 e. The average molecular weight is 296 g/mol. The molecule has 2 N–H and O–H groups in total. The molecule has 0 amide bonds. The number of β-amino-alcohol motifs (C(OH)–C–C–N with tert-alkyl or cyclic N) is 1. The van der Waals surface area contributed by atoms with E-state index in [1.807, 2.05) is 19.2 Å². The first-order valence-electron chi connectivity index (χ1n) is 7.99. The lowest BCUT2D eigenvalue weighted by molar-refractivity contribution is 0.0299. The van der Waals surface area contributed by atoms with E-state index >= 15 is 0 Å². The van der Waals surface area contributed by atoms with Crippen LogP contribution in [0, 0.1) is 0 Å². The van der Waals surface area contributed by atoms with E-state index in [1.54, 1.807) is 0 Å². The van der Waals surface area contributed by atoms with Gasteiger partial charge in [0, 0.05) is 19.1 Å². The maximum absolute atomic E-state index is 10.4. The Bertz CT molecular complexity index is 533. The number of aliphatic hydroxyl groups excluding tert-OH is 1. The van der Waals surface area contributed by atoms with Crippen LogP contribution in [0.5, 0.6) is 0 Å². The predicted molar refractivity (Wildman–Crippen MR) is 89.8 cm³/mol. The van der Waals surface area contributed by atoms with Crippen molar-refractivity contribution >= 4 is 0 Å². The lowest BCUT2D eigenvalue weighted by atomic mass is 9.93. The molecule has 2 aromatic carbocycles. The van der Waals surface area contributed by atoms with Gasteiger partial charge in [-0.1, -0.05) is 60.7 Å². The predicted octanol–water partition coefficient (Wildman–Crippen LogP) is 2.43. The van der Waals surface area contributed by atoms with Crippen LogP contribution in [0.2, 0.25) is 0 Å². The Labute approximate surface area is 132 Å². The van der Waals surface area contributed by atoms with Gasteiger partial charge >= 0.3 is 0 Å². The van der Waals surface area contributed by atoms with E-state index in [2.05, 4.69) is 58.7 Å². The Morgan fingerprint density at radius 2 is 1.55 bits per heavy atom.